The number of hydrogen-bond acceptors (Lipinski definition) is 5. The van der Waals surface area contributed by atoms with Gasteiger partial charge in [0, 0.05) is 66.6 Å². The Morgan fingerprint density at radius 1 is 1.19 bits per heavy atom. The zero-order valence-electron chi connectivity index (χ0n) is 16.9. The first kappa shape index (κ1) is 21.4. The summed E-state index contributed by atoms with van der Waals surface area (Å²) in [5, 5.41) is 3.56. The molecule has 2 aliphatic heterocycles. The molecule has 26 heavy (non-hydrogen) atoms. The van der Waals surface area contributed by atoms with Crippen molar-refractivity contribution in [3.05, 3.63) is 0 Å². The van der Waals surface area contributed by atoms with Crippen LogP contribution >= 0.6 is 0 Å². The fraction of sp³-hybridized carbons (Fsp3) is 0.947. The quantitative estimate of drug-likeness (QED) is 0.372. The van der Waals surface area contributed by atoms with Gasteiger partial charge in [0.2, 0.25) is 0 Å². The van der Waals surface area contributed by atoms with E-state index in [0.717, 1.165) is 90.9 Å². The maximum atomic E-state index is 5.95. The van der Waals surface area contributed by atoms with Gasteiger partial charge in [-0.15, -0.1) is 0 Å². The first-order valence-electron chi connectivity index (χ1n) is 10.1. The lowest BCUT2D eigenvalue weighted by molar-refractivity contribution is 0.00982. The van der Waals surface area contributed by atoms with Crippen molar-refractivity contribution in [3.8, 4) is 0 Å². The van der Waals surface area contributed by atoms with E-state index < -0.39 is 0 Å². The molecule has 7 heteroatoms. The van der Waals surface area contributed by atoms with Gasteiger partial charge in [0.15, 0.2) is 5.96 Å². The van der Waals surface area contributed by atoms with E-state index in [2.05, 4.69) is 27.0 Å². The van der Waals surface area contributed by atoms with Crippen molar-refractivity contribution in [1.82, 2.24) is 15.1 Å². The smallest absolute Gasteiger partial charge is 0.193 e. The van der Waals surface area contributed by atoms with E-state index in [-0.39, 0.29) is 0 Å². The summed E-state index contributed by atoms with van der Waals surface area (Å²) in [6, 6.07) is 0. The zero-order chi connectivity index (χ0) is 18.6. The molecule has 0 bridgehead atoms. The molecule has 2 rings (SSSR count). The maximum absolute atomic E-state index is 5.95. The normalized spacial score (nSPS) is 21.8. The molecule has 0 aromatic heterocycles. The molecule has 2 saturated heterocycles. The van der Waals surface area contributed by atoms with Gasteiger partial charge in [-0.1, -0.05) is 6.92 Å². The molecule has 0 radical (unpaired) electrons. The Balaban J connectivity index is 1.62. The van der Waals surface area contributed by atoms with Crippen molar-refractivity contribution < 1.29 is 14.2 Å². The van der Waals surface area contributed by atoms with Gasteiger partial charge in [-0.2, -0.15) is 0 Å². The van der Waals surface area contributed by atoms with E-state index >= 15 is 0 Å². The molecule has 0 aliphatic carbocycles. The molecule has 1 unspecified atom stereocenters. The Morgan fingerprint density at radius 2 is 1.92 bits per heavy atom. The lowest BCUT2D eigenvalue weighted by Crippen LogP contribution is -2.49. The fourth-order valence-corrected chi connectivity index (χ4v) is 3.57. The molecule has 0 saturated carbocycles. The van der Waals surface area contributed by atoms with Crippen molar-refractivity contribution in [2.75, 3.05) is 79.9 Å². The molecule has 152 valence electrons. The Kier molecular flexibility index (Phi) is 10.3. The number of nitrogens with zero attached hydrogens (tertiary/aromatic N) is 3. The lowest BCUT2D eigenvalue weighted by Gasteiger charge is -2.35. The van der Waals surface area contributed by atoms with Crippen LogP contribution in [0, 0.1) is 5.92 Å². The Hall–Kier alpha value is -0.890. The van der Waals surface area contributed by atoms with Crippen molar-refractivity contribution in [3.63, 3.8) is 0 Å². The molecular formula is C19H38N4O3. The SMILES string of the molecule is CN=C(NCC(C)CN1CCOCC1)N1CCC(OCCCOC)CC1. The number of guanidine groups is 1. The third kappa shape index (κ3) is 7.78. The number of rotatable bonds is 9. The molecule has 2 heterocycles. The van der Waals surface area contributed by atoms with E-state index in [1.165, 1.54) is 0 Å². The summed E-state index contributed by atoms with van der Waals surface area (Å²) in [6.45, 7) is 11.8. The molecule has 2 aliphatic rings. The van der Waals surface area contributed by atoms with E-state index in [9.17, 15) is 0 Å². The Bertz CT molecular complexity index is 394. The molecule has 2 fully saturated rings. The lowest BCUT2D eigenvalue weighted by atomic mass is 10.1. The van der Waals surface area contributed by atoms with Gasteiger partial charge in [0.25, 0.3) is 0 Å². The van der Waals surface area contributed by atoms with Crippen LogP contribution in [0.3, 0.4) is 0 Å². The summed E-state index contributed by atoms with van der Waals surface area (Å²) in [4.78, 5) is 9.33. The van der Waals surface area contributed by atoms with Gasteiger partial charge >= 0.3 is 0 Å². The molecule has 0 aromatic rings. The molecule has 0 amide bonds. The highest BCUT2D eigenvalue weighted by Gasteiger charge is 2.22. The number of morpholine rings is 1. The topological polar surface area (TPSA) is 58.6 Å². The van der Waals surface area contributed by atoms with Crippen LogP contribution in [-0.2, 0) is 14.2 Å². The molecule has 7 nitrogen and oxygen atoms in total. The van der Waals surface area contributed by atoms with E-state index in [0.29, 0.717) is 12.0 Å². The standard InChI is InChI=1S/C19H38N4O3/c1-17(16-22-9-13-25-14-10-22)15-21-19(20-2)23-7-5-18(6-8-23)26-12-4-11-24-3/h17-18H,4-16H2,1-3H3,(H,20,21). The number of methoxy groups -OCH3 is 1. The largest absolute Gasteiger partial charge is 0.385 e. The van der Waals surface area contributed by atoms with Crippen LogP contribution in [0.4, 0.5) is 0 Å². The second-order valence-corrected chi connectivity index (χ2v) is 7.35. The molecule has 0 spiro atoms. The predicted molar refractivity (Wildman–Crippen MR) is 105 cm³/mol. The van der Waals surface area contributed by atoms with Crippen LogP contribution in [0.5, 0.6) is 0 Å². The van der Waals surface area contributed by atoms with Gasteiger partial charge < -0.3 is 24.4 Å². The van der Waals surface area contributed by atoms with Gasteiger partial charge in [-0.25, -0.2) is 0 Å². The maximum Gasteiger partial charge on any atom is 0.193 e. The van der Waals surface area contributed by atoms with Crippen LogP contribution < -0.4 is 5.32 Å². The highest BCUT2D eigenvalue weighted by Crippen LogP contribution is 2.14. The second kappa shape index (κ2) is 12.5. The number of aliphatic imine (C=N–C) groups is 1. The number of likely N-dealkylation sites (tertiary alicyclic amines) is 1. The average Bonchev–Trinajstić information content (AvgIpc) is 2.67. The fourth-order valence-electron chi connectivity index (χ4n) is 3.57. The number of nitrogens with one attached hydrogen (secondary N) is 1. The predicted octanol–water partition coefficient (Wildman–Crippen LogP) is 1.05. The second-order valence-electron chi connectivity index (χ2n) is 7.35. The first-order valence-corrected chi connectivity index (χ1v) is 10.1. The van der Waals surface area contributed by atoms with Crippen molar-refractivity contribution in [1.29, 1.82) is 0 Å². The van der Waals surface area contributed by atoms with Crippen LogP contribution in [0.2, 0.25) is 0 Å². The van der Waals surface area contributed by atoms with Gasteiger partial charge in [-0.05, 0) is 25.2 Å². The minimum absolute atomic E-state index is 0.376. The molecule has 1 atom stereocenters. The average molecular weight is 371 g/mol. The Morgan fingerprint density at radius 3 is 2.58 bits per heavy atom. The van der Waals surface area contributed by atoms with Gasteiger partial charge in [0.1, 0.15) is 0 Å². The van der Waals surface area contributed by atoms with E-state index in [1.54, 1.807) is 7.11 Å². The minimum atomic E-state index is 0.376. The van der Waals surface area contributed by atoms with Gasteiger partial charge in [-0.3, -0.25) is 9.89 Å². The van der Waals surface area contributed by atoms with Crippen LogP contribution in [0.1, 0.15) is 26.2 Å². The van der Waals surface area contributed by atoms with E-state index in [4.69, 9.17) is 14.2 Å². The third-order valence-electron chi connectivity index (χ3n) is 5.08. The zero-order valence-corrected chi connectivity index (χ0v) is 16.9. The minimum Gasteiger partial charge on any atom is -0.385 e. The third-order valence-corrected chi connectivity index (χ3v) is 5.08. The number of ether oxygens (including phenoxy) is 3. The van der Waals surface area contributed by atoms with Crippen molar-refractivity contribution >= 4 is 5.96 Å². The summed E-state index contributed by atoms with van der Waals surface area (Å²) in [6.07, 6.45) is 3.48. The molecule has 0 aromatic carbocycles. The van der Waals surface area contributed by atoms with Crippen LogP contribution in [-0.4, -0.2) is 102 Å². The summed E-state index contributed by atoms with van der Waals surface area (Å²) in [5.74, 6) is 1.61. The van der Waals surface area contributed by atoms with Crippen LogP contribution in [0.25, 0.3) is 0 Å². The Labute approximate surface area is 159 Å². The van der Waals surface area contributed by atoms with Gasteiger partial charge in [0.05, 0.1) is 19.3 Å². The highest BCUT2D eigenvalue weighted by molar-refractivity contribution is 5.79. The first-order chi connectivity index (χ1) is 12.7. The summed E-state index contributed by atoms with van der Waals surface area (Å²) in [7, 11) is 3.61. The van der Waals surface area contributed by atoms with E-state index in [1.807, 2.05) is 7.05 Å². The molecular weight excluding hydrogens is 332 g/mol. The number of hydrogen-bond donors (Lipinski definition) is 1. The van der Waals surface area contributed by atoms with Crippen molar-refractivity contribution in [2.45, 2.75) is 32.3 Å². The van der Waals surface area contributed by atoms with Crippen molar-refractivity contribution in [2.24, 2.45) is 10.9 Å². The summed E-state index contributed by atoms with van der Waals surface area (Å²) >= 11 is 0. The monoisotopic (exact) mass is 370 g/mol. The number of piperidine rings is 1. The summed E-state index contributed by atoms with van der Waals surface area (Å²) < 4.78 is 16.4. The summed E-state index contributed by atoms with van der Waals surface area (Å²) in [5.41, 5.74) is 0. The highest BCUT2D eigenvalue weighted by atomic mass is 16.5. The molecule has 1 N–H and O–H groups in total. The van der Waals surface area contributed by atoms with Crippen LogP contribution in [0.15, 0.2) is 4.99 Å².